The fraction of sp³-hybridized carbons (Fsp3) is 0.318. The Bertz CT molecular complexity index is 929. The molecule has 0 fully saturated rings. The Morgan fingerprint density at radius 2 is 1.68 bits per heavy atom. The molecule has 2 amide bonds. The fourth-order valence-corrected chi connectivity index (χ4v) is 2.75. The molecule has 0 unspecified atom stereocenters. The molecule has 9 heteroatoms. The molecule has 2 aromatic rings. The third-order valence-corrected chi connectivity index (χ3v) is 4.29. The highest BCUT2D eigenvalue weighted by atomic mass is 19.4. The van der Waals surface area contributed by atoms with Gasteiger partial charge in [-0.3, -0.25) is 14.4 Å². The number of nitrogens with one attached hydrogen (secondary N) is 2. The highest BCUT2D eigenvalue weighted by Crippen LogP contribution is 2.30. The summed E-state index contributed by atoms with van der Waals surface area (Å²) in [5.41, 5.74) is 0.771. The average molecular weight is 436 g/mol. The maximum absolute atomic E-state index is 12.7. The number of hydrogen-bond acceptors (Lipinski definition) is 4. The second kappa shape index (κ2) is 11.1. The number of esters is 1. The molecular weight excluding hydrogens is 413 g/mol. The van der Waals surface area contributed by atoms with E-state index in [1.54, 1.807) is 6.07 Å². The quantitative estimate of drug-likeness (QED) is 0.565. The Morgan fingerprint density at radius 3 is 2.39 bits per heavy atom. The molecule has 166 valence electrons. The lowest BCUT2D eigenvalue weighted by Gasteiger charge is -2.10. The molecule has 31 heavy (non-hydrogen) atoms. The van der Waals surface area contributed by atoms with Gasteiger partial charge in [0, 0.05) is 24.2 Å². The van der Waals surface area contributed by atoms with Crippen LogP contribution in [-0.2, 0) is 31.7 Å². The zero-order chi connectivity index (χ0) is 22.9. The van der Waals surface area contributed by atoms with E-state index in [4.69, 9.17) is 4.74 Å². The molecule has 0 heterocycles. The minimum Gasteiger partial charge on any atom is -0.456 e. The Labute approximate surface area is 177 Å². The van der Waals surface area contributed by atoms with Gasteiger partial charge in [0.2, 0.25) is 5.91 Å². The Morgan fingerprint density at radius 1 is 0.935 bits per heavy atom. The molecule has 2 rings (SSSR count). The number of alkyl halides is 3. The van der Waals surface area contributed by atoms with Gasteiger partial charge in [0.25, 0.3) is 5.91 Å². The smallest absolute Gasteiger partial charge is 0.416 e. The van der Waals surface area contributed by atoms with Crippen LogP contribution >= 0.6 is 0 Å². The van der Waals surface area contributed by atoms with E-state index in [-0.39, 0.29) is 30.9 Å². The van der Waals surface area contributed by atoms with Crippen molar-refractivity contribution in [2.75, 3.05) is 17.2 Å². The molecule has 0 radical (unpaired) electrons. The van der Waals surface area contributed by atoms with Gasteiger partial charge in [-0.1, -0.05) is 31.2 Å². The summed E-state index contributed by atoms with van der Waals surface area (Å²) in [7, 11) is 0. The SMILES string of the molecule is CCc1ccccc1NC(=O)CCCC(=O)OCC(=O)Nc1cccc(C(F)(F)F)c1. The lowest BCUT2D eigenvalue weighted by Crippen LogP contribution is -2.21. The second-order valence-corrected chi connectivity index (χ2v) is 6.70. The van der Waals surface area contributed by atoms with Gasteiger partial charge in [-0.15, -0.1) is 0 Å². The molecule has 0 saturated carbocycles. The number of rotatable bonds is 9. The van der Waals surface area contributed by atoms with Crippen molar-refractivity contribution in [3.63, 3.8) is 0 Å². The van der Waals surface area contributed by atoms with Gasteiger partial charge in [0.15, 0.2) is 6.61 Å². The third-order valence-electron chi connectivity index (χ3n) is 4.29. The number of halogens is 3. The molecule has 6 nitrogen and oxygen atoms in total. The summed E-state index contributed by atoms with van der Waals surface area (Å²) < 4.78 is 42.9. The van der Waals surface area contributed by atoms with Crippen molar-refractivity contribution in [3.05, 3.63) is 59.7 Å². The largest absolute Gasteiger partial charge is 0.456 e. The monoisotopic (exact) mass is 436 g/mol. The number of carbonyl (C=O) groups excluding carboxylic acids is 3. The molecule has 0 spiro atoms. The maximum atomic E-state index is 12.7. The van der Waals surface area contributed by atoms with Gasteiger partial charge in [-0.2, -0.15) is 13.2 Å². The number of benzene rings is 2. The molecule has 0 aliphatic rings. The summed E-state index contributed by atoms with van der Waals surface area (Å²) >= 11 is 0. The van der Waals surface area contributed by atoms with E-state index in [2.05, 4.69) is 10.6 Å². The van der Waals surface area contributed by atoms with Crippen molar-refractivity contribution in [1.29, 1.82) is 0 Å². The van der Waals surface area contributed by atoms with Crippen LogP contribution in [0.2, 0.25) is 0 Å². The number of para-hydroxylation sites is 1. The molecule has 2 N–H and O–H groups in total. The van der Waals surface area contributed by atoms with Crippen LogP contribution in [0.4, 0.5) is 24.5 Å². The van der Waals surface area contributed by atoms with Crippen LogP contribution in [0, 0.1) is 0 Å². The molecule has 0 saturated heterocycles. The minimum absolute atomic E-state index is 0.0556. The van der Waals surface area contributed by atoms with Gasteiger partial charge >= 0.3 is 12.1 Å². The van der Waals surface area contributed by atoms with E-state index < -0.39 is 30.2 Å². The number of aryl methyl sites for hydroxylation is 1. The zero-order valence-electron chi connectivity index (χ0n) is 16.9. The zero-order valence-corrected chi connectivity index (χ0v) is 16.9. The first-order valence-electron chi connectivity index (χ1n) is 9.69. The van der Waals surface area contributed by atoms with Crippen molar-refractivity contribution in [1.82, 2.24) is 0 Å². The van der Waals surface area contributed by atoms with Gasteiger partial charge in [0.1, 0.15) is 0 Å². The summed E-state index contributed by atoms with van der Waals surface area (Å²) in [6.45, 7) is 1.34. The first-order chi connectivity index (χ1) is 14.7. The predicted molar refractivity (Wildman–Crippen MR) is 109 cm³/mol. The van der Waals surface area contributed by atoms with Crippen molar-refractivity contribution in [3.8, 4) is 0 Å². The van der Waals surface area contributed by atoms with Crippen LogP contribution < -0.4 is 10.6 Å². The van der Waals surface area contributed by atoms with Crippen LogP contribution in [0.3, 0.4) is 0 Å². The van der Waals surface area contributed by atoms with Gasteiger partial charge < -0.3 is 15.4 Å². The normalized spacial score (nSPS) is 11.0. The lowest BCUT2D eigenvalue weighted by molar-refractivity contribution is -0.147. The van der Waals surface area contributed by atoms with E-state index in [0.717, 1.165) is 35.9 Å². The minimum atomic E-state index is -4.53. The Kier molecular flexibility index (Phi) is 8.60. The number of anilines is 2. The van der Waals surface area contributed by atoms with Gasteiger partial charge in [-0.25, -0.2) is 0 Å². The standard InChI is InChI=1S/C22H23F3N2O4/c1-2-15-7-3-4-10-18(15)27-19(28)11-6-12-21(30)31-14-20(29)26-17-9-5-8-16(13-17)22(23,24)25/h3-5,7-10,13H,2,6,11-12,14H2,1H3,(H,26,29)(H,27,28). The number of hydrogen-bond donors (Lipinski definition) is 2. The fourth-order valence-electron chi connectivity index (χ4n) is 2.75. The second-order valence-electron chi connectivity index (χ2n) is 6.70. The first-order valence-corrected chi connectivity index (χ1v) is 9.69. The van der Waals surface area contributed by atoms with Crippen LogP contribution in [-0.4, -0.2) is 24.4 Å². The average Bonchev–Trinajstić information content (AvgIpc) is 2.72. The molecule has 0 aliphatic carbocycles. The van der Waals surface area contributed by atoms with E-state index in [1.807, 2.05) is 25.1 Å². The molecule has 2 aromatic carbocycles. The lowest BCUT2D eigenvalue weighted by atomic mass is 10.1. The molecule has 0 atom stereocenters. The predicted octanol–water partition coefficient (Wildman–Crippen LogP) is 4.56. The number of amides is 2. The highest BCUT2D eigenvalue weighted by Gasteiger charge is 2.30. The van der Waals surface area contributed by atoms with Crippen LogP contribution in [0.1, 0.15) is 37.3 Å². The third kappa shape index (κ3) is 8.12. The molecule has 0 aliphatic heterocycles. The van der Waals surface area contributed by atoms with Crippen molar-refractivity contribution in [2.24, 2.45) is 0 Å². The Balaban J connectivity index is 1.70. The van der Waals surface area contributed by atoms with Crippen molar-refractivity contribution in [2.45, 2.75) is 38.8 Å². The van der Waals surface area contributed by atoms with Crippen LogP contribution in [0.15, 0.2) is 48.5 Å². The summed E-state index contributed by atoms with van der Waals surface area (Å²) in [6, 6.07) is 11.5. The van der Waals surface area contributed by atoms with Gasteiger partial charge in [-0.05, 0) is 42.7 Å². The van der Waals surface area contributed by atoms with Gasteiger partial charge in [0.05, 0.1) is 5.56 Å². The van der Waals surface area contributed by atoms with E-state index in [1.165, 1.54) is 6.07 Å². The number of ether oxygens (including phenoxy) is 1. The first kappa shape index (κ1) is 23.9. The van der Waals surface area contributed by atoms with Crippen LogP contribution in [0.25, 0.3) is 0 Å². The van der Waals surface area contributed by atoms with Crippen LogP contribution in [0.5, 0.6) is 0 Å². The van der Waals surface area contributed by atoms with E-state index in [0.29, 0.717) is 0 Å². The summed E-state index contributed by atoms with van der Waals surface area (Å²) in [5, 5.41) is 5.03. The van der Waals surface area contributed by atoms with Crippen molar-refractivity contribution >= 4 is 29.2 Å². The summed E-state index contributed by atoms with van der Waals surface area (Å²) in [4.78, 5) is 35.6. The van der Waals surface area contributed by atoms with E-state index >= 15 is 0 Å². The van der Waals surface area contributed by atoms with Crippen molar-refractivity contribution < 1.29 is 32.3 Å². The Hall–Kier alpha value is -3.36. The summed E-state index contributed by atoms with van der Waals surface area (Å²) in [5.74, 6) is -1.68. The molecule has 0 bridgehead atoms. The molecular formula is C22H23F3N2O4. The topological polar surface area (TPSA) is 84.5 Å². The highest BCUT2D eigenvalue weighted by molar-refractivity contribution is 5.93. The van der Waals surface area contributed by atoms with E-state index in [9.17, 15) is 27.6 Å². The molecule has 0 aromatic heterocycles. The maximum Gasteiger partial charge on any atom is 0.416 e. The summed E-state index contributed by atoms with van der Waals surface area (Å²) in [6.07, 6.45) is -3.50. The number of carbonyl (C=O) groups is 3.